The van der Waals surface area contributed by atoms with Crippen LogP contribution in [-0.4, -0.2) is 52.3 Å². The summed E-state index contributed by atoms with van der Waals surface area (Å²) in [7, 11) is 1.20. The number of anilines is 1. The Hall–Kier alpha value is -1.64. The van der Waals surface area contributed by atoms with Crippen molar-refractivity contribution in [3.8, 4) is 0 Å². The number of nitrogens with zero attached hydrogens (tertiary/aromatic N) is 2. The fourth-order valence-electron chi connectivity index (χ4n) is 1.18. The number of hydrogen-bond donors (Lipinski definition) is 3. The van der Waals surface area contributed by atoms with Crippen LogP contribution < -0.4 is 10.9 Å². The number of rotatable bonds is 6. The van der Waals surface area contributed by atoms with E-state index in [4.69, 9.17) is 21.8 Å². The van der Waals surface area contributed by atoms with Crippen molar-refractivity contribution in [2.24, 2.45) is 0 Å². The molecule has 0 bridgehead atoms. The Kier molecular flexibility index (Phi) is 5.74. The van der Waals surface area contributed by atoms with Crippen LogP contribution in [0.5, 0.6) is 0 Å². The maximum Gasteiger partial charge on any atom is 0.327 e. The predicted octanol–water partition coefficient (Wildman–Crippen LogP) is -1.17. The molecule has 0 radical (unpaired) electrons. The van der Waals surface area contributed by atoms with E-state index in [-0.39, 0.29) is 23.8 Å². The van der Waals surface area contributed by atoms with Crippen LogP contribution in [0, 0.1) is 0 Å². The number of esters is 1. The Balaban J connectivity index is 2.85. The summed E-state index contributed by atoms with van der Waals surface area (Å²) >= 11 is 5.82. The molecule has 0 spiro atoms. The maximum atomic E-state index is 11.8. The van der Waals surface area contributed by atoms with E-state index in [1.807, 2.05) is 0 Å². The lowest BCUT2D eigenvalue weighted by atomic mass is 10.3. The van der Waals surface area contributed by atoms with E-state index >= 15 is 0 Å². The molecule has 0 aliphatic heterocycles. The van der Waals surface area contributed by atoms with Crippen LogP contribution >= 0.6 is 11.6 Å². The number of ether oxygens (including phenoxy) is 1. The average molecular weight is 292 g/mol. The van der Waals surface area contributed by atoms with Gasteiger partial charge in [-0.25, -0.2) is 4.68 Å². The normalized spacial score (nSPS) is 12.0. The van der Waals surface area contributed by atoms with Gasteiger partial charge >= 0.3 is 5.97 Å². The molecular weight excluding hydrogens is 278 g/mol. The van der Waals surface area contributed by atoms with Gasteiger partial charge in [0.15, 0.2) is 0 Å². The van der Waals surface area contributed by atoms with E-state index in [1.165, 1.54) is 13.3 Å². The molecule has 0 amide bonds. The van der Waals surface area contributed by atoms with Gasteiger partial charge in [-0.3, -0.25) is 9.59 Å². The summed E-state index contributed by atoms with van der Waals surface area (Å²) < 4.78 is 5.28. The van der Waals surface area contributed by atoms with Crippen LogP contribution in [0.25, 0.3) is 0 Å². The molecule has 8 nitrogen and oxygen atoms in total. The second-order valence-electron chi connectivity index (χ2n) is 3.63. The van der Waals surface area contributed by atoms with Gasteiger partial charge < -0.3 is 20.3 Å². The summed E-state index contributed by atoms with van der Waals surface area (Å²) in [4.78, 5) is 22.8. The lowest BCUT2D eigenvalue weighted by Gasteiger charge is -2.12. The first-order valence-corrected chi connectivity index (χ1v) is 5.72. The topological polar surface area (TPSA) is 114 Å². The lowest BCUT2D eigenvalue weighted by Crippen LogP contribution is -2.29. The molecule has 1 atom stereocenters. The largest absolute Gasteiger partial charge is 0.468 e. The third-order valence-electron chi connectivity index (χ3n) is 2.23. The van der Waals surface area contributed by atoms with Crippen molar-refractivity contribution in [1.82, 2.24) is 9.78 Å². The van der Waals surface area contributed by atoms with Crippen molar-refractivity contribution < 1.29 is 19.7 Å². The average Bonchev–Trinajstić information content (AvgIpc) is 2.42. The summed E-state index contributed by atoms with van der Waals surface area (Å²) in [5.41, 5.74) is -0.448. The quantitative estimate of drug-likeness (QED) is 0.566. The van der Waals surface area contributed by atoms with Crippen molar-refractivity contribution in [3.63, 3.8) is 0 Å². The third-order valence-corrected chi connectivity index (χ3v) is 2.60. The summed E-state index contributed by atoms with van der Waals surface area (Å²) in [5.74, 6) is -0.623. The van der Waals surface area contributed by atoms with Gasteiger partial charge in [0, 0.05) is 6.54 Å². The molecule has 1 rings (SSSR count). The maximum absolute atomic E-state index is 11.8. The Labute approximate surface area is 113 Å². The first kappa shape index (κ1) is 15.4. The SMILES string of the molecule is COC(=O)Cn1ncc(NCC(O)CO)c(Cl)c1=O. The van der Waals surface area contributed by atoms with Crippen molar-refractivity contribution in [2.45, 2.75) is 12.6 Å². The van der Waals surface area contributed by atoms with Gasteiger partial charge in [-0.1, -0.05) is 11.6 Å². The number of halogens is 1. The van der Waals surface area contributed by atoms with Gasteiger partial charge in [0.2, 0.25) is 0 Å². The van der Waals surface area contributed by atoms with Crippen molar-refractivity contribution in [2.75, 3.05) is 25.6 Å². The van der Waals surface area contributed by atoms with Gasteiger partial charge in [0.25, 0.3) is 5.56 Å². The zero-order valence-electron chi connectivity index (χ0n) is 10.2. The Morgan fingerprint density at radius 1 is 1.68 bits per heavy atom. The molecule has 9 heteroatoms. The van der Waals surface area contributed by atoms with Crippen LogP contribution in [0.15, 0.2) is 11.0 Å². The molecule has 106 valence electrons. The molecule has 0 fully saturated rings. The van der Waals surface area contributed by atoms with Crippen LogP contribution in [0.3, 0.4) is 0 Å². The summed E-state index contributed by atoms with van der Waals surface area (Å²) in [6, 6.07) is 0. The van der Waals surface area contributed by atoms with Gasteiger partial charge in [0.1, 0.15) is 11.6 Å². The fraction of sp³-hybridized carbons (Fsp3) is 0.500. The van der Waals surface area contributed by atoms with Crippen LogP contribution in [0.1, 0.15) is 0 Å². The summed E-state index contributed by atoms with van der Waals surface area (Å²) in [6.45, 7) is -0.746. The highest BCUT2D eigenvalue weighted by Crippen LogP contribution is 2.14. The molecule has 1 heterocycles. The Morgan fingerprint density at radius 3 is 2.95 bits per heavy atom. The van der Waals surface area contributed by atoms with Crippen LogP contribution in [0.4, 0.5) is 5.69 Å². The number of nitrogens with one attached hydrogen (secondary N) is 1. The minimum absolute atomic E-state index is 0.0123. The van der Waals surface area contributed by atoms with Gasteiger partial charge in [-0.05, 0) is 0 Å². The molecule has 3 N–H and O–H groups in total. The number of aliphatic hydroxyl groups excluding tert-OH is 2. The molecule has 0 saturated carbocycles. The van der Waals surface area contributed by atoms with Crippen molar-refractivity contribution in [3.05, 3.63) is 21.6 Å². The molecule has 0 aliphatic carbocycles. The highest BCUT2D eigenvalue weighted by atomic mass is 35.5. The Bertz CT molecular complexity index is 504. The number of hydrogen-bond acceptors (Lipinski definition) is 7. The summed E-state index contributed by atoms with van der Waals surface area (Å²) in [5, 5.41) is 24.1. The lowest BCUT2D eigenvalue weighted by molar-refractivity contribution is -0.141. The standard InChI is InChI=1S/C10H14ClN3O5/c1-19-8(17)4-14-10(18)9(11)7(3-13-14)12-2-6(16)5-15/h3,6,12,15-16H,2,4-5H2,1H3. The minimum Gasteiger partial charge on any atom is -0.468 e. The number of methoxy groups -OCH3 is 1. The van der Waals surface area contributed by atoms with E-state index in [0.29, 0.717) is 0 Å². The smallest absolute Gasteiger partial charge is 0.327 e. The first-order valence-electron chi connectivity index (χ1n) is 5.34. The molecule has 1 aromatic heterocycles. The molecular formula is C10H14ClN3O5. The minimum atomic E-state index is -0.978. The predicted molar refractivity (Wildman–Crippen MR) is 67.1 cm³/mol. The number of aliphatic hydroxyl groups is 2. The fourth-order valence-corrected chi connectivity index (χ4v) is 1.39. The van der Waals surface area contributed by atoms with Crippen LogP contribution in [-0.2, 0) is 16.1 Å². The zero-order valence-corrected chi connectivity index (χ0v) is 10.9. The van der Waals surface area contributed by atoms with Gasteiger partial charge in [-0.2, -0.15) is 5.10 Å². The van der Waals surface area contributed by atoms with Crippen LogP contribution in [0.2, 0.25) is 5.02 Å². The van der Waals surface area contributed by atoms with E-state index in [9.17, 15) is 9.59 Å². The van der Waals surface area contributed by atoms with Crippen molar-refractivity contribution in [1.29, 1.82) is 0 Å². The monoisotopic (exact) mass is 291 g/mol. The van der Waals surface area contributed by atoms with Gasteiger partial charge in [-0.15, -0.1) is 0 Å². The summed E-state index contributed by atoms with van der Waals surface area (Å²) in [6.07, 6.45) is 0.269. The van der Waals surface area contributed by atoms with E-state index in [2.05, 4.69) is 15.2 Å². The molecule has 19 heavy (non-hydrogen) atoms. The zero-order chi connectivity index (χ0) is 14.4. The first-order chi connectivity index (χ1) is 8.99. The van der Waals surface area contributed by atoms with Crippen molar-refractivity contribution >= 4 is 23.3 Å². The third kappa shape index (κ3) is 4.19. The highest BCUT2D eigenvalue weighted by Gasteiger charge is 2.12. The number of carbonyl (C=O) groups excluding carboxylic acids is 1. The van der Waals surface area contributed by atoms with Gasteiger partial charge in [0.05, 0.1) is 31.7 Å². The molecule has 1 aromatic rings. The molecule has 0 saturated heterocycles. The van der Waals surface area contributed by atoms with E-state index < -0.39 is 24.2 Å². The number of carbonyl (C=O) groups is 1. The number of aromatic nitrogens is 2. The van der Waals surface area contributed by atoms with E-state index in [0.717, 1.165) is 4.68 Å². The second-order valence-corrected chi connectivity index (χ2v) is 4.01. The molecule has 0 aliphatic rings. The molecule has 1 unspecified atom stereocenters. The highest BCUT2D eigenvalue weighted by molar-refractivity contribution is 6.32. The second kappa shape index (κ2) is 7.07. The van der Waals surface area contributed by atoms with E-state index in [1.54, 1.807) is 0 Å². The molecule has 0 aromatic carbocycles. The Morgan fingerprint density at radius 2 is 2.37 bits per heavy atom.